The Morgan fingerprint density at radius 3 is 3.09 bits per heavy atom. The van der Waals surface area contributed by atoms with Crippen LogP contribution in [0.5, 0.6) is 0 Å². The average molecular weight is 293 g/mol. The van der Waals surface area contributed by atoms with Crippen molar-refractivity contribution in [3.05, 3.63) is 48.4 Å². The van der Waals surface area contributed by atoms with Crippen LogP contribution in [0.3, 0.4) is 0 Å². The van der Waals surface area contributed by atoms with Gasteiger partial charge in [-0.25, -0.2) is 0 Å². The van der Waals surface area contributed by atoms with Gasteiger partial charge in [-0.1, -0.05) is 17.3 Å². The molecule has 1 aliphatic rings. The minimum absolute atomic E-state index is 0.252. The Balaban J connectivity index is 1.50. The van der Waals surface area contributed by atoms with Crippen LogP contribution < -0.4 is 5.32 Å². The highest BCUT2D eigenvalue weighted by Crippen LogP contribution is 2.30. The third kappa shape index (κ3) is 2.67. The van der Waals surface area contributed by atoms with E-state index >= 15 is 0 Å². The van der Waals surface area contributed by atoms with E-state index in [1.165, 1.54) is 12.8 Å². The Morgan fingerprint density at radius 2 is 2.23 bits per heavy atom. The third-order valence-corrected chi connectivity index (χ3v) is 3.78. The number of aromatic nitrogens is 4. The molecule has 0 atom stereocenters. The molecule has 6 nitrogen and oxygen atoms in total. The molecule has 0 radical (unpaired) electrons. The minimum atomic E-state index is -0.252. The second kappa shape index (κ2) is 5.22. The van der Waals surface area contributed by atoms with Gasteiger partial charge < -0.3 is 5.32 Å². The molecule has 0 bridgehead atoms. The van der Waals surface area contributed by atoms with Crippen LogP contribution in [0.15, 0.2) is 42.7 Å². The van der Waals surface area contributed by atoms with E-state index in [4.69, 9.17) is 0 Å². The van der Waals surface area contributed by atoms with Crippen molar-refractivity contribution >= 4 is 22.5 Å². The largest absolute Gasteiger partial charge is 0.320 e. The number of anilines is 1. The number of pyridine rings is 1. The average Bonchev–Trinajstić information content (AvgIpc) is 3.22. The van der Waals surface area contributed by atoms with E-state index < -0.39 is 0 Å². The van der Waals surface area contributed by atoms with Crippen molar-refractivity contribution in [3.63, 3.8) is 0 Å². The number of rotatable bonds is 4. The Kier molecular flexibility index (Phi) is 3.07. The second-order valence-corrected chi connectivity index (χ2v) is 5.63. The van der Waals surface area contributed by atoms with Crippen LogP contribution in [-0.4, -0.2) is 25.9 Å². The number of amides is 1. The first-order valence-electron chi connectivity index (χ1n) is 7.34. The molecule has 2 aromatic heterocycles. The molecule has 1 aromatic carbocycles. The normalized spacial score (nSPS) is 14.2. The SMILES string of the molecule is O=C(Nc1ccc2cccnc2c1)c1cn(CC2CC2)nn1. The molecule has 4 rings (SSSR count). The van der Waals surface area contributed by atoms with Crippen molar-refractivity contribution in [2.24, 2.45) is 5.92 Å². The van der Waals surface area contributed by atoms with Crippen molar-refractivity contribution in [2.45, 2.75) is 19.4 Å². The van der Waals surface area contributed by atoms with Crippen molar-refractivity contribution in [1.29, 1.82) is 0 Å². The molecule has 3 aromatic rings. The molecule has 2 heterocycles. The summed E-state index contributed by atoms with van der Waals surface area (Å²) in [6.07, 6.45) is 5.92. The van der Waals surface area contributed by atoms with E-state index in [1.807, 2.05) is 30.3 Å². The van der Waals surface area contributed by atoms with E-state index in [2.05, 4.69) is 20.6 Å². The fourth-order valence-electron chi connectivity index (χ4n) is 2.40. The van der Waals surface area contributed by atoms with Crippen LogP contribution in [0.1, 0.15) is 23.3 Å². The number of carbonyl (C=O) groups excluding carboxylic acids is 1. The van der Waals surface area contributed by atoms with Gasteiger partial charge in [0.1, 0.15) is 0 Å². The number of nitrogens with zero attached hydrogens (tertiary/aromatic N) is 4. The molecule has 1 saturated carbocycles. The van der Waals surface area contributed by atoms with Gasteiger partial charge in [-0.2, -0.15) is 0 Å². The molecule has 1 fully saturated rings. The summed E-state index contributed by atoms with van der Waals surface area (Å²) < 4.78 is 1.74. The quantitative estimate of drug-likeness (QED) is 0.802. The predicted octanol–water partition coefficient (Wildman–Crippen LogP) is 2.49. The number of hydrogen-bond acceptors (Lipinski definition) is 4. The Hall–Kier alpha value is -2.76. The minimum Gasteiger partial charge on any atom is -0.320 e. The molecule has 1 N–H and O–H groups in total. The first-order valence-corrected chi connectivity index (χ1v) is 7.34. The maximum Gasteiger partial charge on any atom is 0.277 e. The van der Waals surface area contributed by atoms with Gasteiger partial charge in [0.05, 0.1) is 11.7 Å². The number of nitrogens with one attached hydrogen (secondary N) is 1. The molecule has 110 valence electrons. The lowest BCUT2D eigenvalue weighted by molar-refractivity contribution is 0.102. The number of hydrogen-bond donors (Lipinski definition) is 1. The van der Waals surface area contributed by atoms with Crippen molar-refractivity contribution in [3.8, 4) is 0 Å². The first kappa shape index (κ1) is 12.9. The second-order valence-electron chi connectivity index (χ2n) is 5.63. The van der Waals surface area contributed by atoms with Crippen LogP contribution in [0.25, 0.3) is 10.9 Å². The maximum absolute atomic E-state index is 12.2. The highest BCUT2D eigenvalue weighted by atomic mass is 16.2. The van der Waals surface area contributed by atoms with Crippen LogP contribution in [0, 0.1) is 5.92 Å². The van der Waals surface area contributed by atoms with E-state index in [-0.39, 0.29) is 5.91 Å². The molecule has 22 heavy (non-hydrogen) atoms. The molecule has 0 spiro atoms. The molecule has 0 aliphatic heterocycles. The van der Waals surface area contributed by atoms with Crippen molar-refractivity contribution in [2.75, 3.05) is 5.32 Å². The zero-order valence-corrected chi connectivity index (χ0v) is 11.9. The summed E-state index contributed by atoms with van der Waals surface area (Å²) >= 11 is 0. The molecule has 0 unspecified atom stereocenters. The van der Waals surface area contributed by atoms with Gasteiger partial charge in [-0.05, 0) is 37.0 Å². The van der Waals surface area contributed by atoms with E-state index in [1.54, 1.807) is 17.1 Å². The lowest BCUT2D eigenvalue weighted by Crippen LogP contribution is -2.12. The van der Waals surface area contributed by atoms with Crippen LogP contribution in [0.2, 0.25) is 0 Å². The summed E-state index contributed by atoms with van der Waals surface area (Å²) in [5, 5.41) is 11.8. The van der Waals surface area contributed by atoms with Gasteiger partial charge in [0.2, 0.25) is 0 Å². The first-order chi connectivity index (χ1) is 10.8. The van der Waals surface area contributed by atoms with Gasteiger partial charge in [0, 0.05) is 23.8 Å². The fourth-order valence-corrected chi connectivity index (χ4v) is 2.40. The van der Waals surface area contributed by atoms with Gasteiger partial charge >= 0.3 is 0 Å². The topological polar surface area (TPSA) is 72.7 Å². The zero-order valence-electron chi connectivity index (χ0n) is 11.9. The van der Waals surface area contributed by atoms with Gasteiger partial charge in [-0.15, -0.1) is 5.10 Å². The summed E-state index contributed by atoms with van der Waals surface area (Å²) in [6, 6.07) is 9.51. The molecular weight excluding hydrogens is 278 g/mol. The number of benzene rings is 1. The Labute approximate surface area is 127 Å². The van der Waals surface area contributed by atoms with Gasteiger partial charge in [0.15, 0.2) is 5.69 Å². The maximum atomic E-state index is 12.2. The predicted molar refractivity (Wildman–Crippen MR) is 82.4 cm³/mol. The summed E-state index contributed by atoms with van der Waals surface area (Å²) in [6.45, 7) is 0.847. The Bertz CT molecular complexity index is 837. The smallest absolute Gasteiger partial charge is 0.277 e. The molecular formula is C16H15N5O. The molecule has 1 aliphatic carbocycles. The van der Waals surface area contributed by atoms with Gasteiger partial charge in [-0.3, -0.25) is 14.5 Å². The summed E-state index contributed by atoms with van der Waals surface area (Å²) in [4.78, 5) is 16.5. The lowest BCUT2D eigenvalue weighted by atomic mass is 10.2. The van der Waals surface area contributed by atoms with E-state index in [0.29, 0.717) is 17.3 Å². The molecule has 0 saturated heterocycles. The summed E-state index contributed by atoms with van der Waals surface area (Å²) in [7, 11) is 0. The zero-order chi connectivity index (χ0) is 14.9. The van der Waals surface area contributed by atoms with E-state index in [0.717, 1.165) is 17.4 Å². The van der Waals surface area contributed by atoms with Crippen molar-refractivity contribution < 1.29 is 4.79 Å². The van der Waals surface area contributed by atoms with E-state index in [9.17, 15) is 4.79 Å². The number of fused-ring (bicyclic) bond motifs is 1. The van der Waals surface area contributed by atoms with Crippen LogP contribution >= 0.6 is 0 Å². The standard InChI is InChI=1S/C16H15N5O/c22-16(15-10-21(20-19-15)9-11-3-4-11)18-13-6-5-12-2-1-7-17-14(12)8-13/h1-2,5-8,10-11H,3-4,9H2,(H,18,22). The Morgan fingerprint density at radius 1 is 1.32 bits per heavy atom. The van der Waals surface area contributed by atoms with Crippen LogP contribution in [0.4, 0.5) is 5.69 Å². The highest BCUT2D eigenvalue weighted by molar-refractivity contribution is 6.03. The summed E-state index contributed by atoms with van der Waals surface area (Å²) in [5.41, 5.74) is 1.88. The molecule has 1 amide bonds. The number of carbonyl (C=O) groups is 1. The fraction of sp³-hybridized carbons (Fsp3) is 0.250. The monoisotopic (exact) mass is 293 g/mol. The highest BCUT2D eigenvalue weighted by Gasteiger charge is 2.22. The van der Waals surface area contributed by atoms with Gasteiger partial charge in [0.25, 0.3) is 5.91 Å². The third-order valence-electron chi connectivity index (χ3n) is 3.78. The van der Waals surface area contributed by atoms with Crippen LogP contribution in [-0.2, 0) is 6.54 Å². The summed E-state index contributed by atoms with van der Waals surface area (Å²) in [5.74, 6) is 0.446. The van der Waals surface area contributed by atoms with Crippen molar-refractivity contribution in [1.82, 2.24) is 20.0 Å². The molecule has 6 heteroatoms. The lowest BCUT2D eigenvalue weighted by Gasteiger charge is -2.04.